The fraction of sp³-hybridized carbons (Fsp3) is 0.235. The molecule has 9 heteroatoms. The fourth-order valence-corrected chi connectivity index (χ4v) is 2.74. The summed E-state index contributed by atoms with van der Waals surface area (Å²) < 4.78 is 43.3. The topological polar surface area (TPSA) is 96.5 Å². The molecule has 0 aliphatic heterocycles. The summed E-state index contributed by atoms with van der Waals surface area (Å²) in [6.45, 7) is 1.65. The summed E-state index contributed by atoms with van der Waals surface area (Å²) in [5.74, 6) is -0.368. The van der Waals surface area contributed by atoms with Crippen molar-refractivity contribution in [3.8, 4) is 5.75 Å². The van der Waals surface area contributed by atoms with E-state index < -0.39 is 21.9 Å². The second-order valence-electron chi connectivity index (χ2n) is 5.65. The molecule has 1 amide bonds. The van der Waals surface area contributed by atoms with Crippen LogP contribution < -0.4 is 20.1 Å². The standard InChI is InChI=1S/C17H20FN3O4S/c1-11(17(22)20-13-6-4-12(18)5-7-13)19-14-8-9-16(25-2)15(10-14)21-26(3,23)24/h4-11,19,21H,1-3H3,(H,20,22)/t11-/m0/s1. The van der Waals surface area contributed by atoms with Gasteiger partial charge in [0.15, 0.2) is 0 Å². The predicted molar refractivity (Wildman–Crippen MR) is 99.6 cm³/mol. The Hall–Kier alpha value is -2.81. The number of carbonyl (C=O) groups is 1. The molecular weight excluding hydrogens is 361 g/mol. The Labute approximate surface area is 151 Å². The maximum Gasteiger partial charge on any atom is 0.246 e. The van der Waals surface area contributed by atoms with Gasteiger partial charge in [0.25, 0.3) is 0 Å². The zero-order chi connectivity index (χ0) is 19.3. The van der Waals surface area contributed by atoms with E-state index in [4.69, 9.17) is 4.74 Å². The maximum absolute atomic E-state index is 12.9. The highest BCUT2D eigenvalue weighted by Crippen LogP contribution is 2.28. The minimum absolute atomic E-state index is 0.256. The van der Waals surface area contributed by atoms with E-state index >= 15 is 0 Å². The molecule has 2 rings (SSSR count). The van der Waals surface area contributed by atoms with Gasteiger partial charge in [0, 0.05) is 11.4 Å². The average molecular weight is 381 g/mol. The van der Waals surface area contributed by atoms with Crippen LogP contribution >= 0.6 is 0 Å². The summed E-state index contributed by atoms with van der Waals surface area (Å²) in [5.41, 5.74) is 1.25. The van der Waals surface area contributed by atoms with Crippen molar-refractivity contribution in [2.24, 2.45) is 0 Å². The molecule has 0 aliphatic rings. The van der Waals surface area contributed by atoms with Crippen LogP contribution in [-0.2, 0) is 14.8 Å². The normalized spacial score (nSPS) is 12.2. The maximum atomic E-state index is 12.9. The van der Waals surface area contributed by atoms with Crippen molar-refractivity contribution >= 4 is 33.0 Å². The summed E-state index contributed by atoms with van der Waals surface area (Å²) in [6, 6.07) is 9.57. The number of hydrogen-bond donors (Lipinski definition) is 3. The molecule has 0 heterocycles. The Morgan fingerprint density at radius 3 is 2.31 bits per heavy atom. The SMILES string of the molecule is COc1ccc(N[C@@H](C)C(=O)Nc2ccc(F)cc2)cc1NS(C)(=O)=O. The zero-order valence-corrected chi connectivity index (χ0v) is 15.4. The summed E-state index contributed by atoms with van der Waals surface area (Å²) in [5, 5.41) is 5.63. The third-order valence-electron chi connectivity index (χ3n) is 3.38. The van der Waals surface area contributed by atoms with Gasteiger partial charge in [0.2, 0.25) is 15.9 Å². The molecule has 0 saturated heterocycles. The Bertz CT molecular complexity index is 885. The highest BCUT2D eigenvalue weighted by molar-refractivity contribution is 7.92. The van der Waals surface area contributed by atoms with Crippen LogP contribution in [0.1, 0.15) is 6.92 Å². The van der Waals surface area contributed by atoms with Crippen LogP contribution in [0.3, 0.4) is 0 Å². The van der Waals surface area contributed by atoms with Crippen LogP contribution in [0.5, 0.6) is 5.75 Å². The smallest absolute Gasteiger partial charge is 0.246 e. The lowest BCUT2D eigenvalue weighted by Gasteiger charge is -2.17. The van der Waals surface area contributed by atoms with E-state index in [0.717, 1.165) is 6.26 Å². The van der Waals surface area contributed by atoms with Crippen molar-refractivity contribution in [3.05, 3.63) is 48.3 Å². The Kier molecular flexibility index (Phi) is 6.04. The van der Waals surface area contributed by atoms with Crippen molar-refractivity contribution in [1.29, 1.82) is 0 Å². The highest BCUT2D eigenvalue weighted by atomic mass is 32.2. The molecule has 0 bridgehead atoms. The van der Waals surface area contributed by atoms with E-state index in [1.807, 2.05) is 0 Å². The third-order valence-corrected chi connectivity index (χ3v) is 3.97. The van der Waals surface area contributed by atoms with E-state index in [1.54, 1.807) is 19.1 Å². The van der Waals surface area contributed by atoms with Gasteiger partial charge in [0.1, 0.15) is 17.6 Å². The monoisotopic (exact) mass is 381 g/mol. The molecule has 3 N–H and O–H groups in total. The molecule has 0 spiro atoms. The highest BCUT2D eigenvalue weighted by Gasteiger charge is 2.15. The molecule has 0 unspecified atom stereocenters. The van der Waals surface area contributed by atoms with Gasteiger partial charge in [-0.25, -0.2) is 12.8 Å². The molecule has 2 aromatic rings. The first-order valence-corrected chi connectivity index (χ1v) is 9.56. The number of rotatable bonds is 7. The van der Waals surface area contributed by atoms with Gasteiger partial charge in [0.05, 0.1) is 19.1 Å². The second-order valence-corrected chi connectivity index (χ2v) is 7.40. The van der Waals surface area contributed by atoms with Crippen molar-refractivity contribution in [3.63, 3.8) is 0 Å². The van der Waals surface area contributed by atoms with Gasteiger partial charge in [-0.15, -0.1) is 0 Å². The molecule has 1 atom stereocenters. The zero-order valence-electron chi connectivity index (χ0n) is 14.5. The largest absolute Gasteiger partial charge is 0.495 e. The number of sulfonamides is 1. The number of hydrogen-bond acceptors (Lipinski definition) is 5. The number of ether oxygens (including phenoxy) is 1. The Morgan fingerprint density at radius 2 is 1.73 bits per heavy atom. The van der Waals surface area contributed by atoms with E-state index in [0.29, 0.717) is 17.1 Å². The van der Waals surface area contributed by atoms with Gasteiger partial charge >= 0.3 is 0 Å². The number of carbonyl (C=O) groups excluding carboxylic acids is 1. The average Bonchev–Trinajstić information content (AvgIpc) is 2.55. The second kappa shape index (κ2) is 8.05. The molecule has 0 saturated carbocycles. The van der Waals surface area contributed by atoms with Gasteiger partial charge in [-0.2, -0.15) is 0 Å². The quantitative estimate of drug-likeness (QED) is 0.685. The Balaban J connectivity index is 2.10. The third kappa shape index (κ3) is 5.62. The van der Waals surface area contributed by atoms with Gasteiger partial charge in [-0.05, 0) is 49.4 Å². The predicted octanol–water partition coefficient (Wildman–Crippen LogP) is 2.64. The molecular formula is C17H20FN3O4S. The van der Waals surface area contributed by atoms with Crippen molar-refractivity contribution < 1.29 is 22.3 Å². The number of methoxy groups -OCH3 is 1. The first-order chi connectivity index (χ1) is 12.2. The summed E-state index contributed by atoms with van der Waals surface area (Å²) in [4.78, 5) is 12.2. The minimum Gasteiger partial charge on any atom is -0.495 e. The summed E-state index contributed by atoms with van der Waals surface area (Å²) >= 11 is 0. The van der Waals surface area contributed by atoms with E-state index in [-0.39, 0.29) is 11.6 Å². The fourth-order valence-electron chi connectivity index (χ4n) is 2.18. The van der Waals surface area contributed by atoms with Crippen LogP contribution in [-0.4, -0.2) is 33.7 Å². The molecule has 26 heavy (non-hydrogen) atoms. The van der Waals surface area contributed by atoms with E-state index in [2.05, 4.69) is 15.4 Å². The summed E-state index contributed by atoms with van der Waals surface area (Å²) in [6.07, 6.45) is 1.03. The van der Waals surface area contributed by atoms with Crippen molar-refractivity contribution in [2.45, 2.75) is 13.0 Å². The number of benzene rings is 2. The van der Waals surface area contributed by atoms with E-state index in [9.17, 15) is 17.6 Å². The molecule has 140 valence electrons. The van der Waals surface area contributed by atoms with Crippen LogP contribution in [0, 0.1) is 5.82 Å². The first kappa shape index (κ1) is 19.5. The lowest BCUT2D eigenvalue weighted by Crippen LogP contribution is -2.31. The molecule has 0 aromatic heterocycles. The number of anilines is 3. The lowest BCUT2D eigenvalue weighted by molar-refractivity contribution is -0.116. The van der Waals surface area contributed by atoms with Gasteiger partial charge < -0.3 is 15.4 Å². The van der Waals surface area contributed by atoms with Crippen molar-refractivity contribution in [1.82, 2.24) is 0 Å². The van der Waals surface area contributed by atoms with Crippen LogP contribution in [0.2, 0.25) is 0 Å². The number of halogens is 1. The van der Waals surface area contributed by atoms with Gasteiger partial charge in [-0.1, -0.05) is 0 Å². The molecule has 2 aromatic carbocycles. The van der Waals surface area contributed by atoms with Crippen LogP contribution in [0.4, 0.5) is 21.5 Å². The molecule has 0 fully saturated rings. The van der Waals surface area contributed by atoms with Crippen molar-refractivity contribution in [2.75, 3.05) is 28.7 Å². The molecule has 7 nitrogen and oxygen atoms in total. The molecule has 0 aliphatic carbocycles. The minimum atomic E-state index is -3.48. The number of nitrogens with one attached hydrogen (secondary N) is 3. The van der Waals surface area contributed by atoms with Gasteiger partial charge in [-0.3, -0.25) is 9.52 Å². The Morgan fingerprint density at radius 1 is 1.12 bits per heavy atom. The van der Waals surface area contributed by atoms with E-state index in [1.165, 1.54) is 37.4 Å². The molecule has 0 radical (unpaired) electrons. The summed E-state index contributed by atoms with van der Waals surface area (Å²) in [7, 11) is -2.06. The number of amides is 1. The van der Waals surface area contributed by atoms with Crippen LogP contribution in [0.15, 0.2) is 42.5 Å². The first-order valence-electron chi connectivity index (χ1n) is 7.67. The van der Waals surface area contributed by atoms with Crippen LogP contribution in [0.25, 0.3) is 0 Å². The lowest BCUT2D eigenvalue weighted by atomic mass is 10.2.